The van der Waals surface area contributed by atoms with Gasteiger partial charge in [-0.2, -0.15) is 0 Å². The number of nitrogens with zero attached hydrogens (tertiary/aromatic N) is 3. The summed E-state index contributed by atoms with van der Waals surface area (Å²) in [4.78, 5) is 28.7. The molecule has 2 aromatic rings. The first-order valence-electron chi connectivity index (χ1n) is 8.79. The molecule has 0 aromatic carbocycles. The highest BCUT2D eigenvalue weighted by Gasteiger charge is 2.29. The molecule has 2 amide bonds. The van der Waals surface area contributed by atoms with E-state index >= 15 is 0 Å². The summed E-state index contributed by atoms with van der Waals surface area (Å²) in [6.45, 7) is 11.5. The molecule has 0 saturated carbocycles. The second-order valence-electron chi connectivity index (χ2n) is 7.74. The van der Waals surface area contributed by atoms with Crippen molar-refractivity contribution >= 4 is 11.8 Å². The minimum Gasteiger partial charge on any atom is -0.466 e. The Kier molecular flexibility index (Phi) is 4.64. The molecular weight excluding hydrogens is 334 g/mol. The van der Waals surface area contributed by atoms with Crippen LogP contribution in [0.2, 0.25) is 0 Å². The maximum absolute atomic E-state index is 12.6. The molecule has 0 bridgehead atoms. The number of carbonyl (C=O) groups is 2. The predicted molar refractivity (Wildman–Crippen MR) is 95.2 cm³/mol. The van der Waals surface area contributed by atoms with E-state index in [1.807, 2.05) is 27.7 Å². The van der Waals surface area contributed by atoms with E-state index in [2.05, 4.69) is 5.16 Å². The Bertz CT molecular complexity index is 820. The Morgan fingerprint density at radius 2 is 1.58 bits per heavy atom. The Morgan fingerprint density at radius 1 is 1.00 bits per heavy atom. The summed E-state index contributed by atoms with van der Waals surface area (Å²) in [5.74, 6) is 1.82. The van der Waals surface area contributed by atoms with Gasteiger partial charge in [-0.25, -0.2) is 0 Å². The molecule has 1 saturated heterocycles. The number of hydrogen-bond acceptors (Lipinski definition) is 5. The molecule has 2 aromatic heterocycles. The normalized spacial score (nSPS) is 15.4. The lowest BCUT2D eigenvalue weighted by Gasteiger charge is -2.34. The number of amides is 2. The first kappa shape index (κ1) is 18.2. The zero-order chi connectivity index (χ0) is 19.1. The van der Waals surface area contributed by atoms with Gasteiger partial charge in [0.15, 0.2) is 5.69 Å². The zero-order valence-electron chi connectivity index (χ0n) is 16.0. The number of carbonyl (C=O) groups excluding carboxylic acids is 2. The van der Waals surface area contributed by atoms with Crippen LogP contribution in [0.25, 0.3) is 0 Å². The van der Waals surface area contributed by atoms with Crippen LogP contribution < -0.4 is 0 Å². The average molecular weight is 359 g/mol. The molecule has 1 aliphatic heterocycles. The molecule has 1 fully saturated rings. The van der Waals surface area contributed by atoms with Crippen LogP contribution in [-0.2, 0) is 5.41 Å². The molecule has 3 rings (SSSR count). The fourth-order valence-electron chi connectivity index (χ4n) is 3.02. The third kappa shape index (κ3) is 3.52. The van der Waals surface area contributed by atoms with Gasteiger partial charge in [-0.15, -0.1) is 0 Å². The predicted octanol–water partition coefficient (Wildman–Crippen LogP) is 2.78. The summed E-state index contributed by atoms with van der Waals surface area (Å²) in [7, 11) is 0. The topological polar surface area (TPSA) is 79.8 Å². The standard InChI is InChI=1S/C19H25N3O4/c1-12-10-14(13(2)25-12)17(23)21-6-8-22(9-7-21)18(24)15-11-16(26-20-15)19(3,4)5/h10-11H,6-9H2,1-5H3. The van der Waals surface area contributed by atoms with Gasteiger partial charge in [0.05, 0.1) is 5.56 Å². The van der Waals surface area contributed by atoms with Crippen molar-refractivity contribution in [2.24, 2.45) is 0 Å². The second-order valence-corrected chi connectivity index (χ2v) is 7.74. The van der Waals surface area contributed by atoms with Crippen molar-refractivity contribution in [3.8, 4) is 0 Å². The number of hydrogen-bond donors (Lipinski definition) is 0. The van der Waals surface area contributed by atoms with Gasteiger partial charge in [0.25, 0.3) is 11.8 Å². The second kappa shape index (κ2) is 6.63. The number of aryl methyl sites for hydroxylation is 2. The molecule has 0 unspecified atom stereocenters. The number of rotatable bonds is 2. The minimum absolute atomic E-state index is 0.0529. The van der Waals surface area contributed by atoms with Crippen LogP contribution in [0, 0.1) is 13.8 Å². The summed E-state index contributed by atoms with van der Waals surface area (Å²) in [6.07, 6.45) is 0. The van der Waals surface area contributed by atoms with Crippen molar-refractivity contribution < 1.29 is 18.5 Å². The largest absolute Gasteiger partial charge is 0.466 e. The summed E-state index contributed by atoms with van der Waals surface area (Å²) in [5, 5.41) is 3.91. The summed E-state index contributed by atoms with van der Waals surface area (Å²) < 4.78 is 10.7. The summed E-state index contributed by atoms with van der Waals surface area (Å²) in [5.41, 5.74) is 0.710. The van der Waals surface area contributed by atoms with Gasteiger partial charge in [0.1, 0.15) is 17.3 Å². The molecule has 0 radical (unpaired) electrons. The molecule has 0 spiro atoms. The first-order valence-corrected chi connectivity index (χ1v) is 8.79. The van der Waals surface area contributed by atoms with Gasteiger partial charge in [-0.05, 0) is 19.9 Å². The minimum atomic E-state index is -0.197. The third-order valence-corrected chi connectivity index (χ3v) is 4.59. The van der Waals surface area contributed by atoms with E-state index in [1.54, 1.807) is 28.9 Å². The van der Waals surface area contributed by atoms with Gasteiger partial charge < -0.3 is 18.7 Å². The van der Waals surface area contributed by atoms with Crippen LogP contribution in [0.3, 0.4) is 0 Å². The number of furan rings is 1. The summed E-state index contributed by atoms with van der Waals surface area (Å²) >= 11 is 0. The van der Waals surface area contributed by atoms with E-state index in [0.29, 0.717) is 49.0 Å². The van der Waals surface area contributed by atoms with Crippen LogP contribution in [0.4, 0.5) is 0 Å². The van der Waals surface area contributed by atoms with Gasteiger partial charge in [0.2, 0.25) is 0 Å². The highest BCUT2D eigenvalue weighted by atomic mass is 16.5. The molecule has 3 heterocycles. The molecule has 140 valence electrons. The highest BCUT2D eigenvalue weighted by molar-refractivity contribution is 5.96. The van der Waals surface area contributed by atoms with E-state index < -0.39 is 0 Å². The van der Waals surface area contributed by atoms with Crippen molar-refractivity contribution in [2.75, 3.05) is 26.2 Å². The van der Waals surface area contributed by atoms with E-state index in [-0.39, 0.29) is 17.2 Å². The molecule has 0 aliphatic carbocycles. The van der Waals surface area contributed by atoms with Gasteiger partial charge in [0, 0.05) is 37.7 Å². The molecule has 1 aliphatic rings. The third-order valence-electron chi connectivity index (χ3n) is 4.59. The molecule has 0 N–H and O–H groups in total. The summed E-state index contributed by atoms with van der Waals surface area (Å²) in [6, 6.07) is 3.47. The number of piperazine rings is 1. The van der Waals surface area contributed by atoms with Gasteiger partial charge in [-0.3, -0.25) is 9.59 Å². The monoisotopic (exact) mass is 359 g/mol. The van der Waals surface area contributed by atoms with Crippen molar-refractivity contribution in [3.63, 3.8) is 0 Å². The quantitative estimate of drug-likeness (QED) is 0.824. The lowest BCUT2D eigenvalue weighted by Crippen LogP contribution is -2.50. The Labute approximate surface area is 152 Å². The smallest absolute Gasteiger partial charge is 0.276 e. The molecule has 7 heteroatoms. The SMILES string of the molecule is Cc1cc(C(=O)N2CCN(C(=O)c3cc(C(C)(C)C)on3)CC2)c(C)o1. The fraction of sp³-hybridized carbons (Fsp3) is 0.526. The Morgan fingerprint density at radius 3 is 2.04 bits per heavy atom. The number of aromatic nitrogens is 1. The van der Waals surface area contributed by atoms with Crippen molar-refractivity contribution in [3.05, 3.63) is 40.7 Å². The lowest BCUT2D eigenvalue weighted by atomic mass is 9.93. The van der Waals surface area contributed by atoms with Crippen LogP contribution in [0.1, 0.15) is 58.9 Å². The zero-order valence-corrected chi connectivity index (χ0v) is 16.0. The van der Waals surface area contributed by atoms with Crippen LogP contribution in [-0.4, -0.2) is 52.9 Å². The van der Waals surface area contributed by atoms with Crippen LogP contribution in [0.5, 0.6) is 0 Å². The van der Waals surface area contributed by atoms with Crippen LogP contribution in [0.15, 0.2) is 21.1 Å². The van der Waals surface area contributed by atoms with Gasteiger partial charge in [-0.1, -0.05) is 25.9 Å². The van der Waals surface area contributed by atoms with Crippen LogP contribution >= 0.6 is 0 Å². The highest BCUT2D eigenvalue weighted by Crippen LogP contribution is 2.23. The Balaban J connectivity index is 1.63. The van der Waals surface area contributed by atoms with Crippen molar-refractivity contribution in [1.82, 2.24) is 15.0 Å². The fourth-order valence-corrected chi connectivity index (χ4v) is 3.02. The van der Waals surface area contributed by atoms with E-state index in [9.17, 15) is 9.59 Å². The van der Waals surface area contributed by atoms with Crippen molar-refractivity contribution in [2.45, 2.75) is 40.0 Å². The van der Waals surface area contributed by atoms with E-state index in [0.717, 1.165) is 5.76 Å². The van der Waals surface area contributed by atoms with Crippen molar-refractivity contribution in [1.29, 1.82) is 0 Å². The molecule has 26 heavy (non-hydrogen) atoms. The Hall–Kier alpha value is -2.57. The lowest BCUT2D eigenvalue weighted by molar-refractivity contribution is 0.0528. The average Bonchev–Trinajstić information content (AvgIpc) is 3.20. The van der Waals surface area contributed by atoms with E-state index in [4.69, 9.17) is 8.94 Å². The first-order chi connectivity index (χ1) is 12.2. The van der Waals surface area contributed by atoms with E-state index in [1.165, 1.54) is 0 Å². The maximum Gasteiger partial charge on any atom is 0.276 e. The maximum atomic E-state index is 12.6. The molecule has 7 nitrogen and oxygen atoms in total. The van der Waals surface area contributed by atoms with Gasteiger partial charge >= 0.3 is 0 Å². The molecule has 0 atom stereocenters. The molecular formula is C19H25N3O4.